The number of hydrogen-bond acceptors (Lipinski definition) is 13. The predicted molar refractivity (Wildman–Crippen MR) is 243 cm³/mol. The zero-order valence-corrected chi connectivity index (χ0v) is 36.1. The Morgan fingerprint density at radius 2 is 1.13 bits per heavy atom. The summed E-state index contributed by atoms with van der Waals surface area (Å²) in [4.78, 5) is 38.6. The number of aliphatic carboxylic acids is 1. The third-order valence-corrected chi connectivity index (χ3v) is 12.3. The highest BCUT2D eigenvalue weighted by atomic mass is 16.5. The molecule has 4 fully saturated rings. The van der Waals surface area contributed by atoms with Gasteiger partial charge in [-0.05, 0) is 51.7 Å². The van der Waals surface area contributed by atoms with Crippen LogP contribution in [0.1, 0.15) is 39.5 Å². The van der Waals surface area contributed by atoms with Gasteiger partial charge in [0.1, 0.15) is 11.4 Å². The lowest BCUT2D eigenvalue weighted by Crippen LogP contribution is -2.55. The van der Waals surface area contributed by atoms with Crippen LogP contribution in [0.4, 0.5) is 11.6 Å². The Balaban J connectivity index is 0.000000149. The molecule has 0 unspecified atom stereocenters. The minimum Gasteiger partial charge on any atom is -0.481 e. The summed E-state index contributed by atoms with van der Waals surface area (Å²) in [6.45, 7) is 11.9. The number of carbonyl (C=O) groups excluding carboxylic acids is 1. The molecule has 4 aliphatic rings. The highest BCUT2D eigenvalue weighted by Gasteiger charge is 2.33. The van der Waals surface area contributed by atoms with E-state index < -0.39 is 5.97 Å². The zero-order chi connectivity index (χ0) is 43.5. The van der Waals surface area contributed by atoms with E-state index in [1.54, 1.807) is 6.20 Å². The zero-order valence-electron chi connectivity index (χ0n) is 36.1. The molecule has 2 N–H and O–H groups in total. The van der Waals surface area contributed by atoms with E-state index in [4.69, 9.17) is 14.6 Å². The molecular formula is C48H56N10O5. The van der Waals surface area contributed by atoms with Crippen molar-refractivity contribution in [2.45, 2.75) is 51.6 Å². The minimum atomic E-state index is -0.682. The average Bonchev–Trinajstić information content (AvgIpc) is 3.35. The standard InChI is InChI=1S/C24H27N5O2.C18H19N5.C6H10O3/c1-17-16-28(24(30)19-8-13-31-14-9-19)11-12-29(17)23-21-15-25-10-7-20(21)22(26-27-23)18-5-3-2-4-6-18;1-13-11-20-9-10-23(13)18-16-12-19-8-7-15(16)17(21-22-18)14-5-3-2-4-6-14;7-6(8)5-1-3-9-4-2-5/h2-7,10,15,17,19H,8-9,11-14,16H2,1H3;2-8,12-13,20H,9-11H2,1H3;5H,1-4H2,(H,7,8)/t17-;13-;/m11./s1. The van der Waals surface area contributed by atoms with Crippen molar-refractivity contribution in [2.75, 3.05) is 75.5 Å². The first kappa shape index (κ1) is 43.5. The molecule has 0 spiro atoms. The van der Waals surface area contributed by atoms with Crippen LogP contribution in [-0.2, 0) is 19.1 Å². The number of piperazine rings is 2. The SMILES string of the molecule is C[C@@H]1CN(C(=O)C2CCOCC2)CCN1c1nnc(-c2ccccc2)c2ccncc12.C[C@@H]1CNCCN1c1nnc(-c2ccccc2)c2ccncc12.O=C(O)C1CCOCC1. The van der Waals surface area contributed by atoms with Gasteiger partial charge in [0.25, 0.3) is 0 Å². The van der Waals surface area contributed by atoms with E-state index in [0.717, 1.165) is 94.7 Å². The normalized spacial score (nSPS) is 19.7. The van der Waals surface area contributed by atoms with E-state index in [2.05, 4.69) is 71.5 Å². The summed E-state index contributed by atoms with van der Waals surface area (Å²) in [5.74, 6) is 1.31. The van der Waals surface area contributed by atoms with Gasteiger partial charge in [-0.1, -0.05) is 60.7 Å². The van der Waals surface area contributed by atoms with E-state index in [1.165, 1.54) is 0 Å². The summed E-state index contributed by atoms with van der Waals surface area (Å²) in [7, 11) is 0. The number of carboxylic acids is 1. The lowest BCUT2D eigenvalue weighted by Gasteiger charge is -2.42. The number of aromatic nitrogens is 6. The van der Waals surface area contributed by atoms with E-state index in [0.29, 0.717) is 58.4 Å². The Hall–Kier alpha value is -6.16. The van der Waals surface area contributed by atoms with Crippen molar-refractivity contribution in [3.8, 4) is 22.5 Å². The van der Waals surface area contributed by atoms with Gasteiger partial charge in [-0.3, -0.25) is 19.6 Å². The second-order valence-corrected chi connectivity index (χ2v) is 16.5. The smallest absolute Gasteiger partial charge is 0.306 e. The van der Waals surface area contributed by atoms with E-state index in [1.807, 2.05) is 84.2 Å². The predicted octanol–water partition coefficient (Wildman–Crippen LogP) is 6.14. The first-order valence-corrected chi connectivity index (χ1v) is 22.1. The fraction of sp³-hybridized carbons (Fsp3) is 0.417. The molecule has 10 rings (SSSR count). The highest BCUT2D eigenvalue weighted by molar-refractivity contribution is 6.01. The van der Waals surface area contributed by atoms with E-state index in [-0.39, 0.29) is 23.8 Å². The van der Waals surface area contributed by atoms with Crippen LogP contribution < -0.4 is 15.1 Å². The van der Waals surface area contributed by atoms with Crippen molar-refractivity contribution in [3.05, 3.63) is 97.6 Å². The van der Waals surface area contributed by atoms with Crippen LogP contribution >= 0.6 is 0 Å². The largest absolute Gasteiger partial charge is 0.481 e. The van der Waals surface area contributed by atoms with Gasteiger partial charge in [-0.25, -0.2) is 0 Å². The maximum Gasteiger partial charge on any atom is 0.306 e. The number of ether oxygens (including phenoxy) is 2. The number of rotatable bonds is 6. The van der Waals surface area contributed by atoms with Gasteiger partial charge in [0, 0.05) is 141 Å². The van der Waals surface area contributed by atoms with Crippen molar-refractivity contribution < 1.29 is 24.2 Å². The van der Waals surface area contributed by atoms with Crippen molar-refractivity contribution >= 4 is 45.1 Å². The lowest BCUT2D eigenvalue weighted by atomic mass is 9.97. The number of fused-ring (bicyclic) bond motifs is 2. The van der Waals surface area contributed by atoms with Crippen molar-refractivity contribution in [3.63, 3.8) is 0 Å². The Labute approximate surface area is 367 Å². The van der Waals surface area contributed by atoms with Gasteiger partial charge in [0.05, 0.1) is 5.92 Å². The number of amides is 1. The maximum absolute atomic E-state index is 13.0. The quantitative estimate of drug-likeness (QED) is 0.196. The van der Waals surface area contributed by atoms with Gasteiger partial charge < -0.3 is 34.6 Å². The summed E-state index contributed by atoms with van der Waals surface area (Å²) in [6.07, 6.45) is 10.4. The number of carbonyl (C=O) groups is 2. The summed E-state index contributed by atoms with van der Waals surface area (Å²) in [6, 6.07) is 24.9. The minimum absolute atomic E-state index is 0.0995. The van der Waals surface area contributed by atoms with Crippen molar-refractivity contribution in [1.29, 1.82) is 0 Å². The van der Waals surface area contributed by atoms with Gasteiger partial charge in [-0.15, -0.1) is 20.4 Å². The molecule has 0 bridgehead atoms. The third kappa shape index (κ3) is 10.2. The molecule has 6 aromatic rings. The molecule has 8 heterocycles. The lowest BCUT2D eigenvalue weighted by molar-refractivity contribution is -0.144. The van der Waals surface area contributed by atoms with Crippen molar-refractivity contribution in [2.24, 2.45) is 11.8 Å². The summed E-state index contributed by atoms with van der Waals surface area (Å²) >= 11 is 0. The molecular weight excluding hydrogens is 797 g/mol. The molecule has 4 aromatic heterocycles. The molecule has 2 atom stereocenters. The molecule has 63 heavy (non-hydrogen) atoms. The first-order valence-electron chi connectivity index (χ1n) is 22.1. The molecule has 15 heteroatoms. The molecule has 15 nitrogen and oxygen atoms in total. The van der Waals surface area contributed by atoms with E-state index >= 15 is 0 Å². The number of anilines is 2. The Morgan fingerprint density at radius 1 is 0.619 bits per heavy atom. The molecule has 0 saturated carbocycles. The molecule has 328 valence electrons. The highest BCUT2D eigenvalue weighted by Crippen LogP contribution is 2.34. The summed E-state index contributed by atoms with van der Waals surface area (Å²) < 4.78 is 10.4. The third-order valence-electron chi connectivity index (χ3n) is 12.3. The second-order valence-electron chi connectivity index (χ2n) is 16.5. The number of nitrogens with zero attached hydrogens (tertiary/aromatic N) is 9. The molecule has 0 aliphatic carbocycles. The van der Waals surface area contributed by atoms with Crippen molar-refractivity contribution in [1.82, 2.24) is 40.6 Å². The van der Waals surface area contributed by atoms with Gasteiger partial charge >= 0.3 is 5.97 Å². The fourth-order valence-electron chi connectivity index (χ4n) is 8.79. The molecule has 2 aromatic carbocycles. The van der Waals surface area contributed by atoms with Gasteiger partial charge in [-0.2, -0.15) is 0 Å². The van der Waals surface area contributed by atoms with E-state index in [9.17, 15) is 9.59 Å². The molecule has 4 aliphatic heterocycles. The Morgan fingerprint density at radius 3 is 1.60 bits per heavy atom. The average molecular weight is 853 g/mol. The van der Waals surface area contributed by atoms with Crippen LogP contribution in [-0.4, -0.2) is 130 Å². The first-order chi connectivity index (χ1) is 30.9. The topological polar surface area (TPSA) is 172 Å². The molecule has 1 amide bonds. The molecule has 0 radical (unpaired) electrons. The monoisotopic (exact) mass is 852 g/mol. The van der Waals surface area contributed by atoms with Crippen LogP contribution in [0.3, 0.4) is 0 Å². The number of hydrogen-bond donors (Lipinski definition) is 2. The molecule has 4 saturated heterocycles. The number of benzene rings is 2. The second kappa shape index (κ2) is 20.8. The van der Waals surface area contributed by atoms with Crippen LogP contribution in [0.2, 0.25) is 0 Å². The van der Waals surface area contributed by atoms with Gasteiger partial charge in [0.2, 0.25) is 5.91 Å². The Kier molecular flexibility index (Phi) is 14.4. The van der Waals surface area contributed by atoms with Crippen LogP contribution in [0.5, 0.6) is 0 Å². The summed E-state index contributed by atoms with van der Waals surface area (Å²) in [5, 5.41) is 34.4. The van der Waals surface area contributed by atoms with Crippen LogP contribution in [0.15, 0.2) is 97.6 Å². The van der Waals surface area contributed by atoms with Gasteiger partial charge in [0.15, 0.2) is 11.6 Å². The van der Waals surface area contributed by atoms with Crippen LogP contribution in [0.25, 0.3) is 44.1 Å². The number of pyridine rings is 2. The fourth-order valence-corrected chi connectivity index (χ4v) is 8.79. The van der Waals surface area contributed by atoms with Crippen LogP contribution in [0, 0.1) is 11.8 Å². The maximum atomic E-state index is 13.0. The number of nitrogens with one attached hydrogen (secondary N) is 1. The Bertz CT molecular complexity index is 2450. The number of carboxylic acid groups (broad SMARTS) is 1. The summed E-state index contributed by atoms with van der Waals surface area (Å²) in [5.41, 5.74) is 3.89.